The lowest BCUT2D eigenvalue weighted by molar-refractivity contribution is -0.110. The molecule has 1 aromatic rings. The zero-order valence-electron chi connectivity index (χ0n) is 14.7. The average Bonchev–Trinajstić information content (AvgIpc) is 3.04. The minimum Gasteiger partial charge on any atom is -0.493 e. The Morgan fingerprint density at radius 1 is 1.16 bits per heavy atom. The highest BCUT2D eigenvalue weighted by Gasteiger charge is 2.46. The largest absolute Gasteiger partial charge is 0.493 e. The molecule has 140 valence electrons. The first kappa shape index (κ1) is 18.8. The standard InChI is InChI=1S/C16H24N2O5S2/c1-17-16(12-4-5-13(21-2)14(10-12)22-3)15(11-23-17)25(19,20)18-6-8-24-9-7-18/h4-5,10,15-16H,6-9,11H2,1-3H3/t15-,16-/m0/s1. The van der Waals surface area contributed by atoms with E-state index in [1.165, 1.54) is 0 Å². The van der Waals surface area contributed by atoms with Crippen LogP contribution in [0.25, 0.3) is 0 Å². The van der Waals surface area contributed by atoms with Gasteiger partial charge in [0.15, 0.2) is 11.5 Å². The van der Waals surface area contributed by atoms with Crippen LogP contribution in [0.5, 0.6) is 11.5 Å². The molecule has 0 unspecified atom stereocenters. The molecule has 1 aromatic carbocycles. The number of nitrogens with zero attached hydrogens (tertiary/aromatic N) is 2. The van der Waals surface area contributed by atoms with E-state index in [0.717, 1.165) is 17.1 Å². The molecule has 0 saturated carbocycles. The zero-order valence-corrected chi connectivity index (χ0v) is 16.3. The van der Waals surface area contributed by atoms with E-state index >= 15 is 0 Å². The maximum atomic E-state index is 13.1. The summed E-state index contributed by atoms with van der Waals surface area (Å²) in [4.78, 5) is 5.59. The summed E-state index contributed by atoms with van der Waals surface area (Å²) in [5, 5.41) is 0.987. The first-order valence-electron chi connectivity index (χ1n) is 8.13. The molecule has 0 spiro atoms. The molecule has 2 heterocycles. The number of rotatable bonds is 5. The van der Waals surface area contributed by atoms with Crippen molar-refractivity contribution in [1.82, 2.24) is 9.37 Å². The highest BCUT2D eigenvalue weighted by atomic mass is 32.2. The molecule has 2 aliphatic rings. The third-order valence-corrected chi connectivity index (χ3v) is 7.83. The van der Waals surface area contributed by atoms with Crippen molar-refractivity contribution in [1.29, 1.82) is 0 Å². The van der Waals surface area contributed by atoms with Crippen LogP contribution < -0.4 is 9.47 Å². The summed E-state index contributed by atoms with van der Waals surface area (Å²) in [6.07, 6.45) is 0. The molecule has 2 atom stereocenters. The lowest BCUT2D eigenvalue weighted by Gasteiger charge is -2.31. The summed E-state index contributed by atoms with van der Waals surface area (Å²) in [6.45, 7) is 1.28. The molecule has 0 amide bonds. The van der Waals surface area contributed by atoms with E-state index in [4.69, 9.17) is 14.3 Å². The molecular formula is C16H24N2O5S2. The quantitative estimate of drug-likeness (QED) is 0.755. The summed E-state index contributed by atoms with van der Waals surface area (Å²) in [5.74, 6) is 2.86. The Morgan fingerprint density at radius 2 is 1.84 bits per heavy atom. The lowest BCUT2D eigenvalue weighted by Crippen LogP contribution is -2.45. The van der Waals surface area contributed by atoms with Crippen LogP contribution in [-0.4, -0.2) is 75.5 Å². The van der Waals surface area contributed by atoms with Crippen molar-refractivity contribution in [2.45, 2.75) is 11.3 Å². The van der Waals surface area contributed by atoms with Gasteiger partial charge in [0.25, 0.3) is 0 Å². The van der Waals surface area contributed by atoms with Gasteiger partial charge < -0.3 is 9.47 Å². The zero-order chi connectivity index (χ0) is 18.0. The maximum Gasteiger partial charge on any atom is 0.221 e. The predicted octanol–water partition coefficient (Wildman–Crippen LogP) is 1.37. The topological polar surface area (TPSA) is 68.3 Å². The van der Waals surface area contributed by atoms with E-state index < -0.39 is 15.3 Å². The van der Waals surface area contributed by atoms with Crippen LogP contribution in [0.3, 0.4) is 0 Å². The van der Waals surface area contributed by atoms with Crippen molar-refractivity contribution in [2.24, 2.45) is 0 Å². The van der Waals surface area contributed by atoms with Gasteiger partial charge in [-0.3, -0.25) is 4.84 Å². The monoisotopic (exact) mass is 388 g/mol. The van der Waals surface area contributed by atoms with Gasteiger partial charge in [-0.1, -0.05) is 6.07 Å². The van der Waals surface area contributed by atoms with Crippen LogP contribution in [0, 0.1) is 0 Å². The second-order valence-electron chi connectivity index (χ2n) is 6.00. The van der Waals surface area contributed by atoms with Crippen LogP contribution in [0.2, 0.25) is 0 Å². The number of benzene rings is 1. The Morgan fingerprint density at radius 3 is 2.48 bits per heavy atom. The highest BCUT2D eigenvalue weighted by Crippen LogP contribution is 2.38. The van der Waals surface area contributed by atoms with Crippen molar-refractivity contribution in [2.75, 3.05) is 52.5 Å². The van der Waals surface area contributed by atoms with Gasteiger partial charge >= 0.3 is 0 Å². The fourth-order valence-electron chi connectivity index (χ4n) is 3.30. The molecule has 2 saturated heterocycles. The Labute approximate surface area is 153 Å². The van der Waals surface area contributed by atoms with Crippen LogP contribution in [0.15, 0.2) is 18.2 Å². The van der Waals surface area contributed by atoms with Gasteiger partial charge in [0, 0.05) is 31.6 Å². The SMILES string of the molecule is COc1ccc([C@H]2[C@@H](S(=O)(=O)N3CCSCC3)CON2C)cc1OC. The van der Waals surface area contributed by atoms with Crippen LogP contribution >= 0.6 is 11.8 Å². The van der Waals surface area contributed by atoms with Gasteiger partial charge in [0.1, 0.15) is 5.25 Å². The number of ether oxygens (including phenoxy) is 2. The number of methoxy groups -OCH3 is 2. The normalized spacial score (nSPS) is 25.9. The Balaban J connectivity index is 1.93. The van der Waals surface area contributed by atoms with Gasteiger partial charge in [-0.05, 0) is 17.7 Å². The average molecular weight is 389 g/mol. The molecule has 25 heavy (non-hydrogen) atoms. The fraction of sp³-hybridized carbons (Fsp3) is 0.625. The second kappa shape index (κ2) is 7.71. The third kappa shape index (κ3) is 3.61. The van der Waals surface area contributed by atoms with Crippen LogP contribution in [0.1, 0.15) is 11.6 Å². The summed E-state index contributed by atoms with van der Waals surface area (Å²) in [7, 11) is 1.46. The smallest absolute Gasteiger partial charge is 0.221 e. The minimum atomic E-state index is -3.45. The lowest BCUT2D eigenvalue weighted by atomic mass is 10.0. The maximum absolute atomic E-state index is 13.1. The predicted molar refractivity (Wildman–Crippen MR) is 97.6 cm³/mol. The fourth-order valence-corrected chi connectivity index (χ4v) is 6.40. The van der Waals surface area contributed by atoms with E-state index in [0.29, 0.717) is 24.6 Å². The molecular weight excluding hydrogens is 364 g/mol. The summed E-state index contributed by atoms with van der Waals surface area (Å²) in [5.41, 5.74) is 0.831. The van der Waals surface area contributed by atoms with Gasteiger partial charge in [-0.15, -0.1) is 0 Å². The third-order valence-electron chi connectivity index (χ3n) is 4.65. The van der Waals surface area contributed by atoms with Gasteiger partial charge in [-0.2, -0.15) is 21.1 Å². The molecule has 7 nitrogen and oxygen atoms in total. The van der Waals surface area contributed by atoms with E-state index in [9.17, 15) is 8.42 Å². The second-order valence-corrected chi connectivity index (χ2v) is 9.37. The number of hydrogen-bond acceptors (Lipinski definition) is 7. The van der Waals surface area contributed by atoms with E-state index in [-0.39, 0.29) is 12.6 Å². The molecule has 0 radical (unpaired) electrons. The molecule has 2 aliphatic heterocycles. The number of thioether (sulfide) groups is 1. The Hall–Kier alpha value is -1.00. The molecule has 0 bridgehead atoms. The Bertz CT molecular complexity index is 706. The van der Waals surface area contributed by atoms with Crippen LogP contribution in [0.4, 0.5) is 0 Å². The summed E-state index contributed by atoms with van der Waals surface area (Å²) >= 11 is 1.79. The molecule has 3 rings (SSSR count). The van der Waals surface area contributed by atoms with Crippen molar-refractivity contribution in [3.05, 3.63) is 23.8 Å². The van der Waals surface area contributed by atoms with Gasteiger partial charge in [0.05, 0.1) is 26.9 Å². The van der Waals surface area contributed by atoms with Gasteiger partial charge in [0.2, 0.25) is 10.0 Å². The van der Waals surface area contributed by atoms with Crippen molar-refractivity contribution in [3.63, 3.8) is 0 Å². The molecule has 0 N–H and O–H groups in total. The summed E-state index contributed by atoms with van der Waals surface area (Å²) in [6, 6.07) is 5.09. The molecule has 0 aliphatic carbocycles. The molecule has 2 fully saturated rings. The first-order valence-corrected chi connectivity index (χ1v) is 10.8. The molecule has 9 heteroatoms. The minimum absolute atomic E-state index is 0.154. The van der Waals surface area contributed by atoms with E-state index in [2.05, 4.69) is 0 Å². The van der Waals surface area contributed by atoms with E-state index in [1.807, 2.05) is 12.1 Å². The van der Waals surface area contributed by atoms with Crippen LogP contribution in [-0.2, 0) is 14.9 Å². The van der Waals surface area contributed by atoms with Crippen molar-refractivity contribution >= 4 is 21.8 Å². The number of hydrogen-bond donors (Lipinski definition) is 0. The molecule has 0 aromatic heterocycles. The number of sulfonamides is 1. The van der Waals surface area contributed by atoms with Crippen molar-refractivity contribution < 1.29 is 22.7 Å². The van der Waals surface area contributed by atoms with Gasteiger partial charge in [-0.25, -0.2) is 8.42 Å². The highest BCUT2D eigenvalue weighted by molar-refractivity contribution is 7.99. The summed E-state index contributed by atoms with van der Waals surface area (Å²) < 4.78 is 38.5. The Kier molecular flexibility index (Phi) is 5.79. The first-order chi connectivity index (χ1) is 12.0. The van der Waals surface area contributed by atoms with E-state index in [1.54, 1.807) is 48.5 Å². The number of hydroxylamine groups is 2. The van der Waals surface area contributed by atoms with Crippen molar-refractivity contribution in [3.8, 4) is 11.5 Å².